The van der Waals surface area contributed by atoms with Crippen molar-refractivity contribution in [2.75, 3.05) is 25.1 Å². The molecule has 2 aliphatic rings. The van der Waals surface area contributed by atoms with E-state index in [-0.39, 0.29) is 24.7 Å². The van der Waals surface area contributed by atoms with Crippen molar-refractivity contribution in [1.82, 2.24) is 10.2 Å². The highest BCUT2D eigenvalue weighted by molar-refractivity contribution is 5.89. The molecule has 10 heteroatoms. The molecule has 4 N–H and O–H groups in total. The summed E-state index contributed by atoms with van der Waals surface area (Å²) in [5.74, 6) is -0.661. The third kappa shape index (κ3) is 4.88. The van der Waals surface area contributed by atoms with Gasteiger partial charge in [0.2, 0.25) is 11.8 Å². The van der Waals surface area contributed by atoms with E-state index in [0.717, 1.165) is 18.1 Å². The Kier molecular flexibility index (Phi) is 6.81. The van der Waals surface area contributed by atoms with Crippen molar-refractivity contribution in [2.24, 2.45) is 5.73 Å². The van der Waals surface area contributed by atoms with Gasteiger partial charge in [0.15, 0.2) is 0 Å². The number of nitrogens with one attached hydrogen (secondary N) is 2. The van der Waals surface area contributed by atoms with E-state index in [2.05, 4.69) is 10.6 Å². The second kappa shape index (κ2) is 9.63. The van der Waals surface area contributed by atoms with Crippen molar-refractivity contribution in [3.63, 3.8) is 0 Å². The van der Waals surface area contributed by atoms with E-state index < -0.39 is 29.2 Å². The summed E-state index contributed by atoms with van der Waals surface area (Å²) in [4.78, 5) is 27.0. The van der Waals surface area contributed by atoms with E-state index in [4.69, 9.17) is 10.5 Å². The summed E-state index contributed by atoms with van der Waals surface area (Å²) in [6, 6.07) is 11.6. The smallest absolute Gasteiger partial charge is 0.379 e. The number of halogens is 3. The van der Waals surface area contributed by atoms with Gasteiger partial charge < -0.3 is 21.1 Å². The molecule has 2 aliphatic heterocycles. The normalized spacial score (nSPS) is 23.1. The first-order chi connectivity index (χ1) is 16.2. The Balaban J connectivity index is 1.41. The van der Waals surface area contributed by atoms with Crippen molar-refractivity contribution < 1.29 is 27.5 Å². The SMILES string of the molecule is NC(=O)C1CCCN1[C@@]1(C(=O)NCc2ccc(Nc3ccccc3C(F)(F)F)cc2)CCOC1. The molecule has 7 nitrogen and oxygen atoms in total. The van der Waals surface area contributed by atoms with E-state index in [1.54, 1.807) is 24.3 Å². The van der Waals surface area contributed by atoms with Gasteiger partial charge in [0.25, 0.3) is 0 Å². The molecule has 2 amide bonds. The maximum Gasteiger partial charge on any atom is 0.418 e. The Labute approximate surface area is 195 Å². The quantitative estimate of drug-likeness (QED) is 0.571. The van der Waals surface area contributed by atoms with Crippen molar-refractivity contribution in [3.05, 3.63) is 59.7 Å². The first-order valence-corrected chi connectivity index (χ1v) is 11.1. The van der Waals surface area contributed by atoms with Crippen LogP contribution in [0.25, 0.3) is 0 Å². The first-order valence-electron chi connectivity index (χ1n) is 11.1. The maximum absolute atomic E-state index is 13.2. The Morgan fingerprint density at radius 3 is 2.53 bits per heavy atom. The lowest BCUT2D eigenvalue weighted by molar-refractivity contribution is -0.138. The van der Waals surface area contributed by atoms with Gasteiger partial charge in [-0.1, -0.05) is 24.3 Å². The van der Waals surface area contributed by atoms with E-state index in [1.807, 2.05) is 4.90 Å². The van der Waals surface area contributed by atoms with Crippen molar-refractivity contribution >= 4 is 23.2 Å². The van der Waals surface area contributed by atoms with Gasteiger partial charge in [-0.3, -0.25) is 14.5 Å². The molecule has 2 fully saturated rings. The second-order valence-electron chi connectivity index (χ2n) is 8.64. The number of alkyl halides is 3. The van der Waals surface area contributed by atoms with Gasteiger partial charge in [0.1, 0.15) is 5.54 Å². The molecule has 0 aromatic heterocycles. The molecule has 0 spiro atoms. The van der Waals surface area contributed by atoms with E-state index in [1.165, 1.54) is 18.2 Å². The third-order valence-corrected chi connectivity index (χ3v) is 6.47. The van der Waals surface area contributed by atoms with Crippen molar-refractivity contribution in [1.29, 1.82) is 0 Å². The van der Waals surface area contributed by atoms with Crippen LogP contribution in [0, 0.1) is 0 Å². The zero-order valence-electron chi connectivity index (χ0n) is 18.5. The number of hydrogen-bond donors (Lipinski definition) is 3. The number of para-hydroxylation sites is 1. The molecular formula is C24H27F3N4O3. The molecule has 34 heavy (non-hydrogen) atoms. The number of primary amides is 1. The Bertz CT molecular complexity index is 1040. The molecule has 2 aromatic carbocycles. The molecule has 0 bridgehead atoms. The summed E-state index contributed by atoms with van der Waals surface area (Å²) < 4.78 is 45.2. The molecular weight excluding hydrogens is 449 g/mol. The summed E-state index contributed by atoms with van der Waals surface area (Å²) in [7, 11) is 0. The van der Waals surface area contributed by atoms with Crippen molar-refractivity contribution in [2.45, 2.75) is 43.6 Å². The summed E-state index contributed by atoms with van der Waals surface area (Å²) in [6.07, 6.45) is -2.58. The number of likely N-dealkylation sites (tertiary alicyclic amines) is 1. The fourth-order valence-electron chi connectivity index (χ4n) is 4.71. The molecule has 2 aromatic rings. The second-order valence-corrected chi connectivity index (χ2v) is 8.64. The van der Waals surface area contributed by atoms with Crippen LogP contribution in [0.4, 0.5) is 24.5 Å². The van der Waals surface area contributed by atoms with Gasteiger partial charge in [0, 0.05) is 31.8 Å². The van der Waals surface area contributed by atoms with Crippen LogP contribution < -0.4 is 16.4 Å². The van der Waals surface area contributed by atoms with Gasteiger partial charge in [-0.25, -0.2) is 0 Å². The van der Waals surface area contributed by atoms with Gasteiger partial charge in [0.05, 0.1) is 23.9 Å². The lowest BCUT2D eigenvalue weighted by Gasteiger charge is -2.38. The van der Waals surface area contributed by atoms with E-state index >= 15 is 0 Å². The monoisotopic (exact) mass is 476 g/mol. The average molecular weight is 476 g/mol. The number of rotatable bonds is 7. The van der Waals surface area contributed by atoms with Gasteiger partial charge in [-0.15, -0.1) is 0 Å². The number of nitrogens with zero attached hydrogens (tertiary/aromatic N) is 1. The van der Waals surface area contributed by atoms with Crippen LogP contribution in [0.1, 0.15) is 30.4 Å². The number of carbonyl (C=O) groups is 2. The standard InChI is InChI=1S/C24H27F3N4O3/c25-24(26,27)18-4-1-2-5-19(18)30-17-9-7-16(8-10-17)14-29-22(33)23(11-13-34-15-23)31-12-3-6-20(31)21(28)32/h1-2,4-5,7-10,20,30H,3,6,11-15H2,(H2,28,32)(H,29,33)/t20?,23-/m0/s1. The van der Waals surface area contributed by atoms with Crippen LogP contribution >= 0.6 is 0 Å². The van der Waals surface area contributed by atoms with Crippen LogP contribution in [-0.2, 0) is 27.0 Å². The third-order valence-electron chi connectivity index (χ3n) is 6.47. The minimum absolute atomic E-state index is 0.0335. The lowest BCUT2D eigenvalue weighted by atomic mass is 9.93. The van der Waals surface area contributed by atoms with E-state index in [0.29, 0.717) is 31.7 Å². The van der Waals surface area contributed by atoms with Crippen LogP contribution in [0.5, 0.6) is 0 Å². The molecule has 182 valence electrons. The summed E-state index contributed by atoms with van der Waals surface area (Å²) in [5, 5.41) is 5.73. The van der Waals surface area contributed by atoms with Crippen LogP contribution in [-0.4, -0.2) is 48.1 Å². The predicted molar refractivity (Wildman–Crippen MR) is 120 cm³/mol. The summed E-state index contributed by atoms with van der Waals surface area (Å²) in [5.41, 5.74) is 5.13. The minimum Gasteiger partial charge on any atom is -0.379 e. The number of nitrogens with two attached hydrogens (primary N) is 1. The van der Waals surface area contributed by atoms with E-state index in [9.17, 15) is 22.8 Å². The summed E-state index contributed by atoms with van der Waals surface area (Å²) >= 11 is 0. The van der Waals surface area contributed by atoms with Crippen LogP contribution in [0.3, 0.4) is 0 Å². The number of carbonyl (C=O) groups excluding carboxylic acids is 2. The maximum atomic E-state index is 13.2. The van der Waals surface area contributed by atoms with Crippen molar-refractivity contribution in [3.8, 4) is 0 Å². The molecule has 2 atom stereocenters. The fraction of sp³-hybridized carbons (Fsp3) is 0.417. The topological polar surface area (TPSA) is 96.7 Å². The molecule has 1 unspecified atom stereocenters. The largest absolute Gasteiger partial charge is 0.418 e. The number of amides is 2. The fourth-order valence-corrected chi connectivity index (χ4v) is 4.71. The molecule has 2 saturated heterocycles. The Hall–Kier alpha value is -3.11. The van der Waals surface area contributed by atoms with Gasteiger partial charge >= 0.3 is 6.18 Å². The lowest BCUT2D eigenvalue weighted by Crippen LogP contribution is -2.62. The highest BCUT2D eigenvalue weighted by atomic mass is 19.4. The van der Waals surface area contributed by atoms with Gasteiger partial charge in [-0.2, -0.15) is 13.2 Å². The average Bonchev–Trinajstić information content (AvgIpc) is 3.49. The molecule has 0 saturated carbocycles. The van der Waals surface area contributed by atoms with Gasteiger partial charge in [-0.05, 0) is 42.7 Å². The minimum atomic E-state index is -4.46. The molecule has 0 aliphatic carbocycles. The zero-order chi connectivity index (χ0) is 24.3. The Morgan fingerprint density at radius 2 is 1.88 bits per heavy atom. The molecule has 2 heterocycles. The zero-order valence-corrected chi connectivity index (χ0v) is 18.5. The highest BCUT2D eigenvalue weighted by Gasteiger charge is 2.52. The summed E-state index contributed by atoms with van der Waals surface area (Å²) in [6.45, 7) is 1.46. The Morgan fingerprint density at radius 1 is 1.15 bits per heavy atom. The molecule has 0 radical (unpaired) electrons. The first kappa shape index (κ1) is 24.0. The predicted octanol–water partition coefficient (Wildman–Crippen LogP) is 3.17. The number of hydrogen-bond acceptors (Lipinski definition) is 5. The highest BCUT2D eigenvalue weighted by Crippen LogP contribution is 2.36. The number of benzene rings is 2. The van der Waals surface area contributed by atoms with Crippen LogP contribution in [0.2, 0.25) is 0 Å². The molecule has 4 rings (SSSR count). The number of ether oxygens (including phenoxy) is 1. The number of anilines is 2. The van der Waals surface area contributed by atoms with Crippen LogP contribution in [0.15, 0.2) is 48.5 Å².